The van der Waals surface area contributed by atoms with Crippen molar-refractivity contribution in [2.45, 2.75) is 38.6 Å². The van der Waals surface area contributed by atoms with Crippen LogP contribution in [0.2, 0.25) is 0 Å². The van der Waals surface area contributed by atoms with Crippen LogP contribution >= 0.6 is 0 Å². The minimum atomic E-state index is -0.177. The van der Waals surface area contributed by atoms with Crippen molar-refractivity contribution in [3.8, 4) is 0 Å². The third-order valence-corrected chi connectivity index (χ3v) is 6.83. The van der Waals surface area contributed by atoms with Crippen LogP contribution in [-0.2, 0) is 13.0 Å². The molecule has 0 saturated carbocycles. The van der Waals surface area contributed by atoms with Crippen LogP contribution < -0.4 is 14.6 Å². The number of fused-ring (bicyclic) bond motifs is 1. The molecule has 2 aromatic heterocycles. The molecule has 2 N–H and O–H groups in total. The number of benzene rings is 2. The van der Waals surface area contributed by atoms with E-state index in [0.717, 1.165) is 49.3 Å². The number of piperidine rings is 1. The second-order valence-corrected chi connectivity index (χ2v) is 8.92. The van der Waals surface area contributed by atoms with Crippen LogP contribution in [0, 0.1) is 5.82 Å². The van der Waals surface area contributed by atoms with E-state index in [1.165, 1.54) is 11.3 Å². The highest BCUT2D eigenvalue weighted by Crippen LogP contribution is 2.30. The molecule has 0 aliphatic carbocycles. The summed E-state index contributed by atoms with van der Waals surface area (Å²) >= 11 is 0. The fourth-order valence-corrected chi connectivity index (χ4v) is 4.90. The highest BCUT2D eigenvalue weighted by Gasteiger charge is 2.24. The van der Waals surface area contributed by atoms with Crippen LogP contribution in [0.15, 0.2) is 72.9 Å². The minimum absolute atomic E-state index is 0.0776. The summed E-state index contributed by atoms with van der Waals surface area (Å²) in [6, 6.07) is 21.2. The zero-order chi connectivity index (χ0) is 23.5. The van der Waals surface area contributed by atoms with Crippen LogP contribution in [0.5, 0.6) is 0 Å². The maximum Gasteiger partial charge on any atom is 0.296 e. The molecule has 1 fully saturated rings. The third kappa shape index (κ3) is 4.53. The smallest absolute Gasteiger partial charge is 0.296 e. The Kier molecular flexibility index (Phi) is 6.30. The van der Waals surface area contributed by atoms with Crippen molar-refractivity contribution in [3.05, 3.63) is 101 Å². The lowest BCUT2D eigenvalue weighted by Gasteiger charge is -2.34. The molecule has 2 aromatic carbocycles. The number of aromatic nitrogens is 2. The van der Waals surface area contributed by atoms with Gasteiger partial charge >= 0.3 is 0 Å². The molecule has 0 bridgehead atoms. The molecule has 5 nitrogen and oxygen atoms in total. The van der Waals surface area contributed by atoms with E-state index in [1.54, 1.807) is 12.1 Å². The highest BCUT2D eigenvalue weighted by atomic mass is 19.1. The van der Waals surface area contributed by atoms with Crippen LogP contribution in [0.1, 0.15) is 53.0 Å². The fraction of sp³-hybridized carbons (Fsp3) is 0.286. The SMILES string of the molecule is CCc1[nH]c2cccc[n+]2c1C(=O)NCc1ccc(N2CCC(c3ccc(F)cc3)CC2)cc1. The Bertz CT molecular complexity index is 1270. The lowest BCUT2D eigenvalue weighted by atomic mass is 9.89. The van der Waals surface area contributed by atoms with Crippen LogP contribution in [0.3, 0.4) is 0 Å². The fourth-order valence-electron chi connectivity index (χ4n) is 4.90. The molecule has 0 unspecified atom stereocenters. The third-order valence-electron chi connectivity index (χ3n) is 6.83. The highest BCUT2D eigenvalue weighted by molar-refractivity contribution is 5.92. The van der Waals surface area contributed by atoms with Crippen molar-refractivity contribution in [2.75, 3.05) is 18.0 Å². The molecule has 0 radical (unpaired) electrons. The van der Waals surface area contributed by atoms with Gasteiger partial charge in [-0.05, 0) is 60.2 Å². The molecule has 0 spiro atoms. The summed E-state index contributed by atoms with van der Waals surface area (Å²) < 4.78 is 15.1. The lowest BCUT2D eigenvalue weighted by molar-refractivity contribution is -0.513. The Morgan fingerprint density at radius 2 is 1.79 bits per heavy atom. The first-order valence-electron chi connectivity index (χ1n) is 12.0. The summed E-state index contributed by atoms with van der Waals surface area (Å²) in [6.45, 7) is 4.49. The van der Waals surface area contributed by atoms with Gasteiger partial charge in [-0.15, -0.1) is 0 Å². The van der Waals surface area contributed by atoms with Gasteiger partial charge in [0.2, 0.25) is 5.69 Å². The van der Waals surface area contributed by atoms with Gasteiger partial charge < -0.3 is 10.2 Å². The van der Waals surface area contributed by atoms with Gasteiger partial charge in [0.1, 0.15) is 5.82 Å². The van der Waals surface area contributed by atoms with E-state index >= 15 is 0 Å². The first-order chi connectivity index (χ1) is 16.6. The van der Waals surface area contributed by atoms with E-state index < -0.39 is 0 Å². The number of aryl methyl sites for hydroxylation is 1. The van der Waals surface area contributed by atoms with Gasteiger partial charge in [-0.25, -0.2) is 9.37 Å². The number of halogens is 1. The van der Waals surface area contributed by atoms with Crippen molar-refractivity contribution in [1.82, 2.24) is 10.3 Å². The van der Waals surface area contributed by atoms with Crippen molar-refractivity contribution in [2.24, 2.45) is 0 Å². The minimum Gasteiger partial charge on any atom is -0.371 e. The number of H-pyrrole nitrogens is 1. The van der Waals surface area contributed by atoms with Gasteiger partial charge in [-0.1, -0.05) is 37.3 Å². The van der Waals surface area contributed by atoms with E-state index in [9.17, 15) is 9.18 Å². The predicted molar refractivity (Wildman–Crippen MR) is 132 cm³/mol. The first-order valence-corrected chi connectivity index (χ1v) is 12.0. The number of anilines is 1. The average molecular weight is 458 g/mol. The van der Waals surface area contributed by atoms with Crippen LogP contribution in [0.4, 0.5) is 10.1 Å². The number of hydrogen-bond acceptors (Lipinski definition) is 2. The maximum atomic E-state index is 13.2. The number of amides is 1. The lowest BCUT2D eigenvalue weighted by Crippen LogP contribution is -2.35. The van der Waals surface area contributed by atoms with Gasteiger partial charge in [0, 0.05) is 37.8 Å². The summed E-state index contributed by atoms with van der Waals surface area (Å²) in [5.41, 5.74) is 6.01. The second kappa shape index (κ2) is 9.67. The number of aromatic amines is 1. The topological polar surface area (TPSA) is 52.2 Å². The maximum absolute atomic E-state index is 13.2. The van der Waals surface area contributed by atoms with Crippen molar-refractivity contribution in [3.63, 3.8) is 0 Å². The number of carbonyl (C=O) groups is 1. The van der Waals surface area contributed by atoms with E-state index in [2.05, 4.69) is 39.5 Å². The standard InChI is InChI=1S/C28H29FN4O/c1-2-25-27(33-16-4-3-5-26(33)31-25)28(34)30-19-20-6-12-24(13-7-20)32-17-14-22(15-18-32)21-8-10-23(29)11-9-21/h3-13,16,22H,2,14-15,17-19H2,1H3,(H,30,34)/p+1. The Balaban J connectivity index is 1.19. The molecule has 0 atom stereocenters. The van der Waals surface area contributed by atoms with E-state index in [4.69, 9.17) is 0 Å². The predicted octanol–water partition coefficient (Wildman–Crippen LogP) is 4.77. The molecule has 1 aliphatic rings. The zero-order valence-electron chi connectivity index (χ0n) is 19.4. The number of hydrogen-bond donors (Lipinski definition) is 2. The molecular formula is C28H30FN4O+. The molecule has 1 aliphatic heterocycles. The van der Waals surface area contributed by atoms with E-state index in [-0.39, 0.29) is 11.7 Å². The van der Waals surface area contributed by atoms with Gasteiger partial charge in [-0.2, -0.15) is 4.40 Å². The van der Waals surface area contributed by atoms with Gasteiger partial charge in [0.05, 0.1) is 6.20 Å². The zero-order valence-corrected chi connectivity index (χ0v) is 19.4. The first kappa shape index (κ1) is 22.1. The largest absolute Gasteiger partial charge is 0.371 e. The van der Waals surface area contributed by atoms with E-state index in [1.807, 2.05) is 47.9 Å². The number of pyridine rings is 1. The normalized spacial score (nSPS) is 14.5. The average Bonchev–Trinajstić information content (AvgIpc) is 3.27. The Morgan fingerprint density at radius 3 is 2.50 bits per heavy atom. The quantitative estimate of drug-likeness (QED) is 0.410. The Labute approximate surface area is 199 Å². The number of nitrogens with one attached hydrogen (secondary N) is 2. The summed E-state index contributed by atoms with van der Waals surface area (Å²) in [5, 5.41) is 3.08. The van der Waals surface area contributed by atoms with Crippen LogP contribution in [0.25, 0.3) is 5.65 Å². The summed E-state index contributed by atoms with van der Waals surface area (Å²) in [5.74, 6) is 0.233. The van der Waals surface area contributed by atoms with Gasteiger partial charge in [0.25, 0.3) is 11.6 Å². The van der Waals surface area contributed by atoms with Gasteiger partial charge in [-0.3, -0.25) is 4.79 Å². The van der Waals surface area contributed by atoms with Crippen molar-refractivity contribution >= 4 is 17.2 Å². The van der Waals surface area contributed by atoms with E-state index in [0.29, 0.717) is 18.2 Å². The monoisotopic (exact) mass is 457 g/mol. The molecule has 34 heavy (non-hydrogen) atoms. The Hall–Kier alpha value is -3.67. The molecular weight excluding hydrogens is 427 g/mol. The molecule has 4 aromatic rings. The van der Waals surface area contributed by atoms with Crippen LogP contribution in [-0.4, -0.2) is 24.0 Å². The molecule has 3 heterocycles. The number of carbonyl (C=O) groups excluding carboxylic acids is 1. The van der Waals surface area contributed by atoms with Crippen molar-refractivity contribution in [1.29, 1.82) is 0 Å². The summed E-state index contributed by atoms with van der Waals surface area (Å²) in [7, 11) is 0. The van der Waals surface area contributed by atoms with Crippen molar-refractivity contribution < 1.29 is 13.6 Å². The molecule has 174 valence electrons. The summed E-state index contributed by atoms with van der Waals surface area (Å²) in [4.78, 5) is 18.7. The second-order valence-electron chi connectivity index (χ2n) is 8.92. The number of rotatable bonds is 6. The Morgan fingerprint density at radius 1 is 1.06 bits per heavy atom. The molecule has 5 rings (SSSR count). The number of nitrogens with zero attached hydrogens (tertiary/aromatic N) is 2. The number of imidazole rings is 1. The molecule has 1 saturated heterocycles. The molecule has 1 amide bonds. The van der Waals surface area contributed by atoms with Gasteiger partial charge in [0.15, 0.2) is 5.69 Å². The summed E-state index contributed by atoms with van der Waals surface area (Å²) in [6.07, 6.45) is 4.79. The molecule has 6 heteroatoms.